The lowest BCUT2D eigenvalue weighted by Gasteiger charge is -2.57. The van der Waals surface area contributed by atoms with Crippen LogP contribution in [0.2, 0.25) is 0 Å². The molecule has 22 heavy (non-hydrogen) atoms. The summed E-state index contributed by atoms with van der Waals surface area (Å²) in [4.78, 5) is 15.1. The van der Waals surface area contributed by atoms with Gasteiger partial charge in [-0.25, -0.2) is 0 Å². The number of methoxy groups -OCH3 is 1. The van der Waals surface area contributed by atoms with Crippen LogP contribution in [0.4, 0.5) is 0 Å². The fourth-order valence-electron chi connectivity index (χ4n) is 5.42. The number of hydrogen-bond donors (Lipinski definition) is 0. The number of likely N-dealkylation sites (tertiary alicyclic amines) is 1. The first kappa shape index (κ1) is 8.92. The molecule has 2 heterocycles. The lowest BCUT2D eigenvalue weighted by atomic mass is 9.52. The van der Waals surface area contributed by atoms with E-state index in [1.807, 2.05) is 0 Å². The van der Waals surface area contributed by atoms with Crippen molar-refractivity contribution in [1.82, 2.24) is 4.90 Å². The predicted octanol–water partition coefficient (Wildman–Crippen LogP) is 1.93. The normalized spacial score (nSPS) is 42.3. The molecule has 116 valence electrons. The maximum absolute atomic E-state index is 12.8. The Morgan fingerprint density at radius 1 is 1.55 bits per heavy atom. The first-order valence-corrected chi connectivity index (χ1v) is 7.90. The van der Waals surface area contributed by atoms with Gasteiger partial charge in [0.2, 0.25) is 0 Å². The monoisotopic (exact) mass is 304 g/mol. The maximum atomic E-state index is 12.8. The Balaban J connectivity index is 1.81. The Morgan fingerprint density at radius 3 is 3.32 bits per heavy atom. The van der Waals surface area contributed by atoms with Crippen molar-refractivity contribution in [3.05, 3.63) is 23.2 Å². The van der Waals surface area contributed by atoms with Crippen LogP contribution in [0.5, 0.6) is 11.5 Å². The minimum atomic E-state index is -2.75. The first-order valence-electron chi connectivity index (χ1n) is 10.4. The Bertz CT molecular complexity index is 870. The fourth-order valence-corrected chi connectivity index (χ4v) is 5.42. The highest BCUT2D eigenvalue weighted by molar-refractivity contribution is 5.89. The number of nitrogens with zero attached hydrogens (tertiary/aromatic N) is 1. The van der Waals surface area contributed by atoms with Crippen molar-refractivity contribution in [2.75, 3.05) is 20.6 Å². The van der Waals surface area contributed by atoms with Crippen LogP contribution in [0.3, 0.4) is 0 Å². The zero-order chi connectivity index (χ0) is 19.3. The van der Waals surface area contributed by atoms with Gasteiger partial charge in [-0.1, -0.05) is 6.04 Å². The second-order valence-corrected chi connectivity index (χ2v) is 7.02. The maximum Gasteiger partial charge on any atom is 0.174 e. The predicted molar refractivity (Wildman–Crippen MR) is 81.6 cm³/mol. The average molecular weight is 304 g/mol. The van der Waals surface area contributed by atoms with E-state index < -0.39 is 18.6 Å². The van der Waals surface area contributed by atoms with Crippen LogP contribution in [0, 0.1) is 5.92 Å². The van der Waals surface area contributed by atoms with Gasteiger partial charge in [-0.05, 0) is 50.4 Å². The summed E-state index contributed by atoms with van der Waals surface area (Å²) >= 11 is 0. The molecule has 4 aliphatic rings. The van der Waals surface area contributed by atoms with Gasteiger partial charge in [0.15, 0.2) is 23.4 Å². The largest absolute Gasteiger partial charge is 0.493 e. The molecule has 1 saturated heterocycles. The highest BCUT2D eigenvalue weighted by Gasteiger charge is 2.65. The van der Waals surface area contributed by atoms with E-state index in [0.29, 0.717) is 12.8 Å². The summed E-state index contributed by atoms with van der Waals surface area (Å²) in [5.41, 5.74) is 0.972. The van der Waals surface area contributed by atoms with Crippen LogP contribution in [0.25, 0.3) is 0 Å². The molecule has 2 aliphatic heterocycles. The van der Waals surface area contributed by atoms with E-state index in [-0.39, 0.29) is 41.3 Å². The molecule has 1 unspecified atom stereocenters. The molecule has 4 heteroatoms. The molecule has 1 aromatic carbocycles. The van der Waals surface area contributed by atoms with Crippen LogP contribution in [0.1, 0.15) is 37.2 Å². The van der Waals surface area contributed by atoms with E-state index in [2.05, 4.69) is 11.9 Å². The summed E-state index contributed by atoms with van der Waals surface area (Å²) in [6, 6.07) is -0.0794. The molecule has 0 aromatic heterocycles. The molecule has 0 radical (unpaired) electrons. The summed E-state index contributed by atoms with van der Waals surface area (Å²) in [5, 5.41) is 0. The third-order valence-corrected chi connectivity index (χ3v) is 6.31. The molecule has 4 atom stereocenters. The number of benzene rings is 1. The molecule has 5 rings (SSSR count). The van der Waals surface area contributed by atoms with Gasteiger partial charge in [0.1, 0.15) is 0 Å². The second-order valence-electron chi connectivity index (χ2n) is 7.02. The molecule has 0 amide bonds. The van der Waals surface area contributed by atoms with Crippen LogP contribution in [0.15, 0.2) is 12.1 Å². The number of hydrogen-bond acceptors (Lipinski definition) is 4. The van der Waals surface area contributed by atoms with E-state index in [9.17, 15) is 4.79 Å². The van der Waals surface area contributed by atoms with Crippen LogP contribution in [-0.2, 0) is 16.6 Å². The van der Waals surface area contributed by atoms with Crippen molar-refractivity contribution in [1.29, 1.82) is 0 Å². The molecule has 0 N–H and O–H groups in total. The van der Waals surface area contributed by atoms with Gasteiger partial charge in [-0.15, -0.1) is 0 Å². The average Bonchev–Trinajstić information content (AvgIpc) is 2.93. The lowest BCUT2D eigenvalue weighted by Crippen LogP contribution is -2.65. The molecular formula is C18H21NO3. The standard InChI is InChI=1S/C18H21NO3/c1-19-8-7-18-11-4-5-13(20)17(18)22-16-14(21-2)6-3-10(15(16)18)9-12(11)19/h3,6,11-12,17H,4-5,7-9H2,1-2H3/t11-,12+,17?,18-/m0/s1/i2D3,3D,6D. The van der Waals surface area contributed by atoms with Gasteiger partial charge >= 0.3 is 0 Å². The summed E-state index contributed by atoms with van der Waals surface area (Å²) < 4.78 is 50.4. The molecular weight excluding hydrogens is 278 g/mol. The van der Waals surface area contributed by atoms with Gasteiger partial charge in [-0.2, -0.15) is 0 Å². The van der Waals surface area contributed by atoms with Gasteiger partial charge in [0.25, 0.3) is 0 Å². The highest BCUT2D eigenvalue weighted by Crippen LogP contribution is 2.62. The Hall–Kier alpha value is -1.55. The summed E-state index contributed by atoms with van der Waals surface area (Å²) in [6.45, 7) is 0.818. The number of Topliss-reactive ketones (excluding diaryl/α,β-unsaturated/α-hetero) is 1. The van der Waals surface area contributed by atoms with Crippen molar-refractivity contribution >= 4 is 5.78 Å². The van der Waals surface area contributed by atoms with Crippen LogP contribution >= 0.6 is 0 Å². The van der Waals surface area contributed by atoms with E-state index >= 15 is 0 Å². The second kappa shape index (κ2) is 4.05. The summed E-state index contributed by atoms with van der Waals surface area (Å²) in [5.74, 6) is 0.252. The van der Waals surface area contributed by atoms with Crippen molar-refractivity contribution in [3.63, 3.8) is 0 Å². The molecule has 2 fully saturated rings. The Labute approximate surface area is 137 Å². The topological polar surface area (TPSA) is 38.8 Å². The van der Waals surface area contributed by atoms with E-state index in [1.54, 1.807) is 0 Å². The minimum Gasteiger partial charge on any atom is -0.493 e. The number of piperidine rings is 1. The van der Waals surface area contributed by atoms with Crippen molar-refractivity contribution in [2.24, 2.45) is 5.92 Å². The van der Waals surface area contributed by atoms with Gasteiger partial charge in [-0.3, -0.25) is 4.79 Å². The van der Waals surface area contributed by atoms with Crippen LogP contribution < -0.4 is 9.47 Å². The molecule has 1 saturated carbocycles. The van der Waals surface area contributed by atoms with Gasteiger partial charge < -0.3 is 14.4 Å². The third kappa shape index (κ3) is 1.27. The van der Waals surface area contributed by atoms with Gasteiger partial charge in [0.05, 0.1) is 13.9 Å². The first-order chi connectivity index (χ1) is 12.6. The minimum absolute atomic E-state index is 0.00611. The van der Waals surface area contributed by atoms with Crippen molar-refractivity contribution < 1.29 is 21.1 Å². The summed E-state index contributed by atoms with van der Waals surface area (Å²) in [7, 11) is -0.683. The zero-order valence-electron chi connectivity index (χ0n) is 17.4. The molecule has 1 aromatic rings. The molecule has 4 nitrogen and oxygen atoms in total. The smallest absolute Gasteiger partial charge is 0.174 e. The number of carbonyl (C=O) groups is 1. The highest BCUT2D eigenvalue weighted by atomic mass is 16.5. The molecule has 2 aliphatic carbocycles. The number of carbonyl (C=O) groups excluding carboxylic acids is 1. The Morgan fingerprint density at radius 2 is 2.45 bits per heavy atom. The fraction of sp³-hybridized carbons (Fsp3) is 0.611. The quantitative estimate of drug-likeness (QED) is 0.795. The lowest BCUT2D eigenvalue weighted by molar-refractivity contribution is -0.138. The van der Waals surface area contributed by atoms with E-state index in [0.717, 1.165) is 30.5 Å². The third-order valence-electron chi connectivity index (χ3n) is 6.31. The number of likely N-dealkylation sites (N-methyl/N-ethyl adjacent to an activating group) is 1. The summed E-state index contributed by atoms with van der Waals surface area (Å²) in [6.07, 6.45) is 1.90. The number of ketones is 1. The molecule has 2 bridgehead atoms. The zero-order valence-corrected chi connectivity index (χ0v) is 12.4. The number of ether oxygens (including phenoxy) is 2. The number of rotatable bonds is 1. The Kier molecular flexibility index (Phi) is 1.64. The van der Waals surface area contributed by atoms with Crippen LogP contribution in [-0.4, -0.2) is 43.5 Å². The van der Waals surface area contributed by atoms with E-state index in [1.165, 1.54) is 0 Å². The van der Waals surface area contributed by atoms with Crippen molar-refractivity contribution in [2.45, 2.75) is 43.2 Å². The van der Waals surface area contributed by atoms with Crippen molar-refractivity contribution in [3.8, 4) is 11.5 Å². The van der Waals surface area contributed by atoms with Gasteiger partial charge in [0, 0.05) is 23.4 Å². The SMILES string of the molecule is [2H]c1c([2H])c(OC([2H])([2H])[2H])c2c3c1C[C@@H]1[C@@H]4CCC(=O)C(O2)[C@]34CCN1C. The van der Waals surface area contributed by atoms with E-state index in [4.69, 9.17) is 16.3 Å². The molecule has 1 spiro atoms.